The van der Waals surface area contributed by atoms with Crippen LogP contribution in [0.5, 0.6) is 0 Å². The van der Waals surface area contributed by atoms with Crippen LogP contribution < -0.4 is 0 Å². The number of hydrogen-bond acceptors (Lipinski definition) is 6. The minimum absolute atomic E-state index is 0.0106. The van der Waals surface area contributed by atoms with Crippen LogP contribution in [0.2, 0.25) is 0 Å². The van der Waals surface area contributed by atoms with E-state index in [0.29, 0.717) is 23.8 Å². The van der Waals surface area contributed by atoms with Crippen molar-refractivity contribution >= 4 is 16.9 Å². The highest BCUT2D eigenvalue weighted by molar-refractivity contribution is 5.97. The van der Waals surface area contributed by atoms with E-state index < -0.39 is 0 Å². The molecule has 0 spiro atoms. The maximum atomic E-state index is 12.9. The third kappa shape index (κ3) is 2.88. The molecule has 3 heterocycles. The number of aryl methyl sites for hydroxylation is 2. The van der Waals surface area contributed by atoms with Crippen LogP contribution in [0.15, 0.2) is 22.7 Å². The molecule has 1 amide bonds. The molecule has 8 heteroatoms. The molecular weight excluding hydrogens is 320 g/mol. The lowest BCUT2D eigenvalue weighted by Gasteiger charge is -2.31. The fourth-order valence-corrected chi connectivity index (χ4v) is 3.31. The second-order valence-corrected chi connectivity index (χ2v) is 6.41. The van der Waals surface area contributed by atoms with Gasteiger partial charge in [-0.3, -0.25) is 4.79 Å². The molecule has 0 bridgehead atoms. The molecule has 25 heavy (non-hydrogen) atoms. The molecule has 0 N–H and O–H groups in total. The predicted octanol–water partition coefficient (Wildman–Crippen LogP) is 1.93. The van der Waals surface area contributed by atoms with Crippen LogP contribution in [0.25, 0.3) is 11.0 Å². The molecule has 2 aromatic heterocycles. The van der Waals surface area contributed by atoms with E-state index in [4.69, 9.17) is 4.52 Å². The number of hydrogen-bond donors (Lipinski definition) is 0. The Bertz CT molecular complexity index is 915. The number of likely N-dealkylation sites (tertiary alicyclic amines) is 1. The molecule has 0 aliphatic carbocycles. The Labute approximate surface area is 144 Å². The topological polar surface area (TPSA) is 89.9 Å². The Morgan fingerprint density at radius 1 is 1.40 bits per heavy atom. The number of piperidine rings is 1. The highest BCUT2D eigenvalue weighted by Gasteiger charge is 2.28. The molecule has 3 aromatic rings. The van der Waals surface area contributed by atoms with Gasteiger partial charge >= 0.3 is 0 Å². The lowest BCUT2D eigenvalue weighted by atomic mass is 9.96. The molecular formula is C17H20N6O2. The fourth-order valence-electron chi connectivity index (χ4n) is 3.31. The summed E-state index contributed by atoms with van der Waals surface area (Å²) >= 11 is 0. The monoisotopic (exact) mass is 340 g/mol. The van der Waals surface area contributed by atoms with Crippen LogP contribution in [-0.2, 0) is 13.5 Å². The summed E-state index contributed by atoms with van der Waals surface area (Å²) in [5.41, 5.74) is 2.27. The minimum Gasteiger partial charge on any atom is -0.339 e. The Morgan fingerprint density at radius 3 is 3.08 bits per heavy atom. The standard InChI is InChI=1S/C17H20N6O2/c1-3-15-18-16(20-25-15)12-5-4-8-23(10-12)17(24)11-6-7-14-13(9-11)19-21-22(14)2/h6-7,9,12H,3-5,8,10H2,1-2H3. The smallest absolute Gasteiger partial charge is 0.253 e. The second kappa shape index (κ2) is 6.27. The highest BCUT2D eigenvalue weighted by atomic mass is 16.5. The van der Waals surface area contributed by atoms with Gasteiger partial charge in [0.2, 0.25) is 5.89 Å². The van der Waals surface area contributed by atoms with Crippen LogP contribution in [0.3, 0.4) is 0 Å². The van der Waals surface area contributed by atoms with Gasteiger partial charge in [0.25, 0.3) is 5.91 Å². The highest BCUT2D eigenvalue weighted by Crippen LogP contribution is 2.26. The average molecular weight is 340 g/mol. The van der Waals surface area contributed by atoms with Crippen molar-refractivity contribution < 1.29 is 9.32 Å². The van der Waals surface area contributed by atoms with E-state index in [-0.39, 0.29) is 11.8 Å². The van der Waals surface area contributed by atoms with Gasteiger partial charge in [-0.2, -0.15) is 4.98 Å². The zero-order valence-corrected chi connectivity index (χ0v) is 14.3. The van der Waals surface area contributed by atoms with Crippen molar-refractivity contribution in [1.82, 2.24) is 30.0 Å². The number of amides is 1. The number of rotatable bonds is 3. The lowest BCUT2D eigenvalue weighted by Crippen LogP contribution is -2.39. The largest absolute Gasteiger partial charge is 0.339 e. The summed E-state index contributed by atoms with van der Waals surface area (Å²) in [5.74, 6) is 1.49. The van der Waals surface area contributed by atoms with Gasteiger partial charge in [-0.25, -0.2) is 4.68 Å². The van der Waals surface area contributed by atoms with E-state index in [1.165, 1.54) is 0 Å². The first kappa shape index (κ1) is 15.7. The van der Waals surface area contributed by atoms with E-state index in [9.17, 15) is 4.79 Å². The molecule has 1 aliphatic rings. The van der Waals surface area contributed by atoms with E-state index in [2.05, 4.69) is 20.5 Å². The van der Waals surface area contributed by atoms with Gasteiger partial charge in [0, 0.05) is 38.0 Å². The minimum atomic E-state index is 0.0106. The van der Waals surface area contributed by atoms with Gasteiger partial charge in [-0.15, -0.1) is 5.10 Å². The zero-order valence-electron chi connectivity index (χ0n) is 14.3. The maximum absolute atomic E-state index is 12.9. The molecule has 1 aromatic carbocycles. The van der Waals surface area contributed by atoms with Crippen LogP contribution in [0.1, 0.15) is 47.8 Å². The summed E-state index contributed by atoms with van der Waals surface area (Å²) in [4.78, 5) is 19.2. The third-order valence-electron chi connectivity index (χ3n) is 4.72. The number of fused-ring (bicyclic) bond motifs is 1. The van der Waals surface area contributed by atoms with Crippen molar-refractivity contribution in [3.05, 3.63) is 35.5 Å². The number of benzene rings is 1. The second-order valence-electron chi connectivity index (χ2n) is 6.41. The van der Waals surface area contributed by atoms with Gasteiger partial charge < -0.3 is 9.42 Å². The number of carbonyl (C=O) groups is 1. The Hall–Kier alpha value is -2.77. The Morgan fingerprint density at radius 2 is 2.28 bits per heavy atom. The third-order valence-corrected chi connectivity index (χ3v) is 4.72. The van der Waals surface area contributed by atoms with Crippen LogP contribution >= 0.6 is 0 Å². The summed E-state index contributed by atoms with van der Waals surface area (Å²) in [6.07, 6.45) is 2.62. The van der Waals surface area contributed by atoms with Crippen molar-refractivity contribution in [2.75, 3.05) is 13.1 Å². The summed E-state index contributed by atoms with van der Waals surface area (Å²) in [6.45, 7) is 3.34. The number of carbonyl (C=O) groups excluding carboxylic acids is 1. The molecule has 1 saturated heterocycles. The average Bonchev–Trinajstić information content (AvgIpc) is 3.28. The van der Waals surface area contributed by atoms with E-state index in [1.807, 2.05) is 31.0 Å². The van der Waals surface area contributed by atoms with Crippen molar-refractivity contribution in [2.24, 2.45) is 7.05 Å². The lowest BCUT2D eigenvalue weighted by molar-refractivity contribution is 0.0703. The van der Waals surface area contributed by atoms with Gasteiger partial charge in [-0.1, -0.05) is 17.3 Å². The summed E-state index contributed by atoms with van der Waals surface area (Å²) < 4.78 is 6.91. The van der Waals surface area contributed by atoms with E-state index >= 15 is 0 Å². The predicted molar refractivity (Wildman–Crippen MR) is 90.1 cm³/mol. The molecule has 0 saturated carbocycles. The summed E-state index contributed by atoms with van der Waals surface area (Å²) in [5, 5.41) is 12.2. The normalized spacial score (nSPS) is 18.0. The van der Waals surface area contributed by atoms with Gasteiger partial charge in [0.15, 0.2) is 5.82 Å². The maximum Gasteiger partial charge on any atom is 0.253 e. The molecule has 1 fully saturated rings. The first-order valence-corrected chi connectivity index (χ1v) is 8.57. The molecule has 4 rings (SSSR count). The molecule has 1 aliphatic heterocycles. The van der Waals surface area contributed by atoms with Crippen LogP contribution in [-0.4, -0.2) is 49.0 Å². The van der Waals surface area contributed by atoms with Crippen molar-refractivity contribution in [2.45, 2.75) is 32.1 Å². The van der Waals surface area contributed by atoms with Gasteiger partial charge in [0.1, 0.15) is 5.52 Å². The molecule has 0 radical (unpaired) electrons. The van der Waals surface area contributed by atoms with Crippen LogP contribution in [0, 0.1) is 0 Å². The van der Waals surface area contributed by atoms with Gasteiger partial charge in [-0.05, 0) is 31.0 Å². The SMILES string of the molecule is CCc1nc(C2CCCN(C(=O)c3ccc4c(c3)nnn4C)C2)no1. The first-order valence-electron chi connectivity index (χ1n) is 8.57. The molecule has 8 nitrogen and oxygen atoms in total. The Balaban J connectivity index is 1.54. The van der Waals surface area contributed by atoms with Crippen molar-refractivity contribution in [3.8, 4) is 0 Å². The molecule has 130 valence electrons. The number of nitrogens with zero attached hydrogens (tertiary/aromatic N) is 6. The van der Waals surface area contributed by atoms with Crippen molar-refractivity contribution in [3.63, 3.8) is 0 Å². The molecule has 1 atom stereocenters. The zero-order chi connectivity index (χ0) is 17.4. The quantitative estimate of drug-likeness (QED) is 0.724. The summed E-state index contributed by atoms with van der Waals surface area (Å²) in [6, 6.07) is 5.52. The first-order chi connectivity index (χ1) is 12.2. The van der Waals surface area contributed by atoms with Gasteiger partial charge in [0.05, 0.1) is 5.52 Å². The molecule has 1 unspecified atom stereocenters. The van der Waals surface area contributed by atoms with E-state index in [1.54, 1.807) is 10.7 Å². The summed E-state index contributed by atoms with van der Waals surface area (Å²) in [7, 11) is 1.83. The number of aromatic nitrogens is 5. The van der Waals surface area contributed by atoms with Crippen molar-refractivity contribution in [1.29, 1.82) is 0 Å². The fraction of sp³-hybridized carbons (Fsp3) is 0.471. The van der Waals surface area contributed by atoms with Crippen LogP contribution in [0.4, 0.5) is 0 Å². The van der Waals surface area contributed by atoms with E-state index in [0.717, 1.165) is 36.8 Å². The Kier molecular flexibility index (Phi) is 3.95.